The predicted molar refractivity (Wildman–Crippen MR) is 153 cm³/mol. The van der Waals surface area contributed by atoms with Gasteiger partial charge in [0.1, 0.15) is 11.6 Å². The number of amides is 1. The van der Waals surface area contributed by atoms with Crippen molar-refractivity contribution in [3.63, 3.8) is 0 Å². The van der Waals surface area contributed by atoms with Gasteiger partial charge in [0.15, 0.2) is 0 Å². The molecule has 0 radical (unpaired) electrons. The number of benzene rings is 4. The van der Waals surface area contributed by atoms with Gasteiger partial charge in [-0.3, -0.25) is 9.80 Å². The van der Waals surface area contributed by atoms with Gasteiger partial charge in [-0.15, -0.1) is 0 Å². The Bertz CT molecular complexity index is 1760. The van der Waals surface area contributed by atoms with Crippen molar-refractivity contribution < 1.29 is 23.5 Å². The van der Waals surface area contributed by atoms with Crippen molar-refractivity contribution in [1.82, 2.24) is 10.3 Å². The first-order valence-corrected chi connectivity index (χ1v) is 13.1. The summed E-state index contributed by atoms with van der Waals surface area (Å²) in [6.45, 7) is 0.159. The number of aromatic carboxylic acids is 1. The minimum Gasteiger partial charge on any atom is -0.478 e. The number of allylic oxidation sites excluding steroid dienone is 2. The van der Waals surface area contributed by atoms with Crippen molar-refractivity contribution >= 4 is 34.4 Å². The van der Waals surface area contributed by atoms with Crippen LogP contribution < -0.4 is 5.32 Å². The van der Waals surface area contributed by atoms with Crippen molar-refractivity contribution in [2.45, 2.75) is 19.0 Å². The summed E-state index contributed by atoms with van der Waals surface area (Å²) >= 11 is 0. The van der Waals surface area contributed by atoms with Crippen molar-refractivity contribution in [3.05, 3.63) is 137 Å². The molecule has 2 aliphatic rings. The van der Waals surface area contributed by atoms with Crippen LogP contribution in [0.4, 0.5) is 8.78 Å². The Morgan fingerprint density at radius 3 is 2.44 bits per heavy atom. The topological polar surface area (TPSA) is 82.0 Å². The van der Waals surface area contributed by atoms with Gasteiger partial charge in [-0.1, -0.05) is 54.6 Å². The number of hydrazone groups is 1. The fraction of sp³-hybridized carbons (Fsp3) is 0.121. The molecule has 1 amide bonds. The minimum absolute atomic E-state index is 0.0335. The number of rotatable bonds is 7. The number of nitrogens with zero attached hydrogens (tertiary/aromatic N) is 2. The molecule has 6 rings (SSSR count). The van der Waals surface area contributed by atoms with E-state index in [0.717, 1.165) is 40.1 Å². The highest BCUT2D eigenvalue weighted by Gasteiger charge is 2.39. The first-order valence-electron chi connectivity index (χ1n) is 13.1. The van der Waals surface area contributed by atoms with Gasteiger partial charge in [-0.05, 0) is 64.7 Å². The quantitative estimate of drug-likeness (QED) is 0.299. The van der Waals surface area contributed by atoms with E-state index < -0.39 is 23.6 Å². The average Bonchev–Trinajstić information content (AvgIpc) is 3.39. The summed E-state index contributed by atoms with van der Waals surface area (Å²) in [4.78, 5) is 24.8. The first-order chi connectivity index (χ1) is 19.9. The maximum atomic E-state index is 14.7. The van der Waals surface area contributed by atoms with E-state index >= 15 is 0 Å². The van der Waals surface area contributed by atoms with Crippen LogP contribution >= 0.6 is 0 Å². The summed E-state index contributed by atoms with van der Waals surface area (Å²) < 4.78 is 28.8. The van der Waals surface area contributed by atoms with Gasteiger partial charge in [-0.2, -0.15) is 5.10 Å². The van der Waals surface area contributed by atoms with E-state index in [9.17, 15) is 18.4 Å². The second-order valence-electron chi connectivity index (χ2n) is 10.1. The van der Waals surface area contributed by atoms with Gasteiger partial charge in [0, 0.05) is 41.6 Å². The van der Waals surface area contributed by atoms with E-state index in [4.69, 9.17) is 5.11 Å². The van der Waals surface area contributed by atoms with E-state index in [-0.39, 0.29) is 29.5 Å². The fourth-order valence-electron chi connectivity index (χ4n) is 5.35. The number of carbonyl (C=O) groups is 2. The first kappa shape index (κ1) is 26.1. The summed E-state index contributed by atoms with van der Waals surface area (Å²) in [7, 11) is 0. The lowest BCUT2D eigenvalue weighted by atomic mass is 9.85. The summed E-state index contributed by atoms with van der Waals surface area (Å²) in [6, 6.07) is 23.3. The van der Waals surface area contributed by atoms with Crippen LogP contribution in [0, 0.1) is 17.6 Å². The van der Waals surface area contributed by atoms with Gasteiger partial charge in [0.2, 0.25) is 5.91 Å². The monoisotopic (exact) mass is 549 g/mol. The number of carboxylic acids is 1. The standard InChI is InChI=1S/C33H25F2N3O3/c34-27-11-12-30(35)28(16-27)26-15-29(32(39)36-17-20-5-9-23(10-6-20)33(40)41)31-25(18-37-38(31)19-26)14-21-7-8-22-3-1-2-4-24(22)13-21/h1-13,15-16,18-19,25,31H,14,17H2,(H,36,39)(H,40,41). The third kappa shape index (κ3) is 5.36. The molecular weight excluding hydrogens is 524 g/mol. The third-order valence-corrected chi connectivity index (χ3v) is 7.42. The molecular formula is C33H25F2N3O3. The van der Waals surface area contributed by atoms with E-state index in [2.05, 4.69) is 40.8 Å². The maximum absolute atomic E-state index is 14.7. The van der Waals surface area contributed by atoms with Gasteiger partial charge >= 0.3 is 5.97 Å². The van der Waals surface area contributed by atoms with Crippen molar-refractivity contribution in [2.75, 3.05) is 0 Å². The van der Waals surface area contributed by atoms with Crippen LogP contribution in [0.15, 0.2) is 108 Å². The van der Waals surface area contributed by atoms with Gasteiger partial charge in [0.05, 0.1) is 11.6 Å². The molecule has 0 aromatic heterocycles. The number of hydrogen-bond donors (Lipinski definition) is 2. The minimum atomic E-state index is -1.03. The number of halogens is 2. The van der Waals surface area contributed by atoms with Crippen molar-refractivity contribution in [1.29, 1.82) is 0 Å². The van der Waals surface area contributed by atoms with Crippen molar-refractivity contribution in [2.24, 2.45) is 11.0 Å². The zero-order valence-corrected chi connectivity index (χ0v) is 21.8. The Morgan fingerprint density at radius 1 is 0.902 bits per heavy atom. The summed E-state index contributed by atoms with van der Waals surface area (Å²) in [6.07, 6.45) is 5.66. The lowest BCUT2D eigenvalue weighted by Crippen LogP contribution is -2.40. The molecule has 41 heavy (non-hydrogen) atoms. The molecule has 2 heterocycles. The average molecular weight is 550 g/mol. The normalized spacial score (nSPS) is 17.7. The smallest absolute Gasteiger partial charge is 0.335 e. The summed E-state index contributed by atoms with van der Waals surface area (Å²) in [5, 5.41) is 20.5. The molecule has 204 valence electrons. The van der Waals surface area contributed by atoms with Crippen LogP contribution in [-0.2, 0) is 17.8 Å². The molecule has 2 N–H and O–H groups in total. The van der Waals surface area contributed by atoms with Crippen LogP contribution in [0.2, 0.25) is 0 Å². The number of hydrogen-bond acceptors (Lipinski definition) is 4. The maximum Gasteiger partial charge on any atom is 0.335 e. The Hall–Kier alpha value is -5.11. The number of carboxylic acid groups (broad SMARTS) is 1. The second kappa shape index (κ2) is 10.8. The highest BCUT2D eigenvalue weighted by atomic mass is 19.1. The molecule has 4 aromatic carbocycles. The van der Waals surface area contributed by atoms with Crippen LogP contribution in [0.3, 0.4) is 0 Å². The Balaban J connectivity index is 1.30. The Labute approximate surface area is 234 Å². The van der Waals surface area contributed by atoms with Crippen LogP contribution in [0.5, 0.6) is 0 Å². The lowest BCUT2D eigenvalue weighted by Gasteiger charge is -2.31. The highest BCUT2D eigenvalue weighted by Crippen LogP contribution is 2.36. The molecule has 0 fully saturated rings. The molecule has 2 unspecified atom stereocenters. The molecule has 6 nitrogen and oxygen atoms in total. The Kier molecular flexibility index (Phi) is 6.89. The van der Waals surface area contributed by atoms with E-state index in [1.807, 2.05) is 12.1 Å². The van der Waals surface area contributed by atoms with Crippen LogP contribution in [-0.4, -0.2) is 34.2 Å². The van der Waals surface area contributed by atoms with Gasteiger partial charge in [0.25, 0.3) is 0 Å². The molecule has 4 aromatic rings. The molecule has 0 aliphatic carbocycles. The molecule has 8 heteroatoms. The Morgan fingerprint density at radius 2 is 1.66 bits per heavy atom. The molecule has 0 saturated heterocycles. The number of fused-ring (bicyclic) bond motifs is 2. The van der Waals surface area contributed by atoms with Crippen molar-refractivity contribution in [3.8, 4) is 0 Å². The van der Waals surface area contributed by atoms with Crippen LogP contribution in [0.25, 0.3) is 16.3 Å². The molecule has 2 atom stereocenters. The van der Waals surface area contributed by atoms with E-state index in [0.29, 0.717) is 17.6 Å². The summed E-state index contributed by atoms with van der Waals surface area (Å²) in [5.74, 6) is -2.76. The predicted octanol–water partition coefficient (Wildman–Crippen LogP) is 5.94. The number of nitrogens with one attached hydrogen (secondary N) is 1. The molecule has 0 bridgehead atoms. The molecule has 2 aliphatic heterocycles. The largest absolute Gasteiger partial charge is 0.478 e. The highest BCUT2D eigenvalue weighted by molar-refractivity contribution is 5.99. The zero-order chi connectivity index (χ0) is 28.5. The SMILES string of the molecule is O=C(NCc1ccc(C(=O)O)cc1)C1=CC(c2cc(F)ccc2F)=CN2N=CC(Cc3ccc4ccccc4c3)C12. The number of carbonyl (C=O) groups excluding carboxylic acids is 1. The third-order valence-electron chi connectivity index (χ3n) is 7.42. The van der Waals surface area contributed by atoms with Crippen LogP contribution in [0.1, 0.15) is 27.0 Å². The molecule has 0 spiro atoms. The fourth-order valence-corrected chi connectivity index (χ4v) is 5.35. The summed E-state index contributed by atoms with van der Waals surface area (Å²) in [5.41, 5.74) is 2.70. The van der Waals surface area contributed by atoms with Gasteiger partial charge < -0.3 is 10.4 Å². The molecule has 0 saturated carbocycles. The van der Waals surface area contributed by atoms with E-state index in [1.54, 1.807) is 35.6 Å². The van der Waals surface area contributed by atoms with E-state index in [1.165, 1.54) is 12.1 Å². The lowest BCUT2D eigenvalue weighted by molar-refractivity contribution is -0.118. The van der Waals surface area contributed by atoms with Gasteiger partial charge in [-0.25, -0.2) is 13.6 Å². The second-order valence-corrected chi connectivity index (χ2v) is 10.1. The zero-order valence-electron chi connectivity index (χ0n) is 21.8.